The molecule has 0 bridgehead atoms. The second-order valence-corrected chi connectivity index (χ2v) is 14.8. The third-order valence-corrected chi connectivity index (χ3v) is 13.9. The van der Waals surface area contributed by atoms with Crippen molar-refractivity contribution in [2.24, 2.45) is 0 Å². The SMILES string of the molecule is O=c1cccccc1[O][Sn]([O]c1cccccc1=O)([c]1ccccc1)[c]1ccccc1. The molecular formula is C26H20O4Sn. The zero-order chi connectivity index (χ0) is 21.5. The fourth-order valence-electron chi connectivity index (χ4n) is 3.25. The summed E-state index contributed by atoms with van der Waals surface area (Å²) >= 11 is -4.59. The van der Waals surface area contributed by atoms with Gasteiger partial charge in [0, 0.05) is 0 Å². The molecule has 0 aromatic heterocycles. The van der Waals surface area contributed by atoms with Gasteiger partial charge in [0.05, 0.1) is 0 Å². The van der Waals surface area contributed by atoms with Gasteiger partial charge in [-0.25, -0.2) is 0 Å². The summed E-state index contributed by atoms with van der Waals surface area (Å²) in [5.41, 5.74) is -0.495. The maximum atomic E-state index is 12.7. The van der Waals surface area contributed by atoms with Crippen LogP contribution in [0, 0.1) is 0 Å². The number of hydrogen-bond donors (Lipinski definition) is 0. The fraction of sp³-hybridized carbons (Fsp3) is 0. The van der Waals surface area contributed by atoms with Crippen molar-refractivity contribution in [1.82, 2.24) is 0 Å². The summed E-state index contributed by atoms with van der Waals surface area (Å²) in [5.74, 6) is 0.391. The molecule has 4 nitrogen and oxygen atoms in total. The van der Waals surface area contributed by atoms with Crippen molar-refractivity contribution in [3.63, 3.8) is 0 Å². The van der Waals surface area contributed by atoms with E-state index in [1.54, 1.807) is 48.5 Å². The molecule has 4 aromatic carbocycles. The molecule has 0 saturated carbocycles. The van der Waals surface area contributed by atoms with Gasteiger partial charge in [-0.05, 0) is 0 Å². The first-order chi connectivity index (χ1) is 15.2. The van der Waals surface area contributed by atoms with E-state index in [0.717, 1.165) is 7.16 Å². The van der Waals surface area contributed by atoms with Crippen molar-refractivity contribution in [3.05, 3.63) is 142 Å². The van der Waals surface area contributed by atoms with E-state index in [4.69, 9.17) is 6.15 Å². The molecule has 0 radical (unpaired) electrons. The van der Waals surface area contributed by atoms with Crippen LogP contribution < -0.4 is 24.2 Å². The zero-order valence-corrected chi connectivity index (χ0v) is 19.5. The third-order valence-electron chi connectivity index (χ3n) is 4.74. The molecule has 31 heavy (non-hydrogen) atoms. The Balaban J connectivity index is 2.00. The van der Waals surface area contributed by atoms with Gasteiger partial charge >= 0.3 is 186 Å². The molecule has 5 heteroatoms. The molecule has 0 heterocycles. The van der Waals surface area contributed by atoms with Crippen LogP contribution in [0.3, 0.4) is 0 Å². The van der Waals surface area contributed by atoms with Crippen LogP contribution in [-0.4, -0.2) is 19.2 Å². The summed E-state index contributed by atoms with van der Waals surface area (Å²) in [7, 11) is 0. The molecule has 0 saturated heterocycles. The summed E-state index contributed by atoms with van der Waals surface area (Å²) in [6.07, 6.45) is 0. The number of rotatable bonds is 6. The van der Waals surface area contributed by atoms with Crippen LogP contribution in [0.15, 0.2) is 131 Å². The third kappa shape index (κ3) is 4.70. The first kappa shape index (κ1) is 20.9. The molecule has 0 unspecified atom stereocenters. The summed E-state index contributed by atoms with van der Waals surface area (Å²) in [6.45, 7) is 0. The van der Waals surface area contributed by atoms with Crippen LogP contribution in [0.5, 0.6) is 11.5 Å². The van der Waals surface area contributed by atoms with Crippen LogP contribution >= 0.6 is 0 Å². The molecule has 0 aliphatic heterocycles. The maximum absolute atomic E-state index is 12.7. The van der Waals surface area contributed by atoms with Crippen molar-refractivity contribution in [2.75, 3.05) is 0 Å². The van der Waals surface area contributed by atoms with Gasteiger partial charge in [0.25, 0.3) is 0 Å². The summed E-state index contributed by atoms with van der Waals surface area (Å²) < 4.78 is 14.9. The number of hydrogen-bond acceptors (Lipinski definition) is 4. The van der Waals surface area contributed by atoms with Gasteiger partial charge in [-0.2, -0.15) is 0 Å². The molecular weight excluding hydrogens is 495 g/mol. The van der Waals surface area contributed by atoms with Crippen LogP contribution in [-0.2, 0) is 0 Å². The van der Waals surface area contributed by atoms with Crippen LogP contribution in [0.4, 0.5) is 0 Å². The molecule has 0 aliphatic rings. The van der Waals surface area contributed by atoms with E-state index >= 15 is 0 Å². The Morgan fingerprint density at radius 2 is 0.742 bits per heavy atom. The molecule has 0 aliphatic carbocycles. The van der Waals surface area contributed by atoms with E-state index in [1.807, 2.05) is 60.7 Å². The predicted molar refractivity (Wildman–Crippen MR) is 125 cm³/mol. The second kappa shape index (κ2) is 9.62. The average molecular weight is 515 g/mol. The average Bonchev–Trinajstić information content (AvgIpc) is 3.14. The van der Waals surface area contributed by atoms with Gasteiger partial charge < -0.3 is 0 Å². The minimum atomic E-state index is -4.59. The molecule has 0 spiro atoms. The second-order valence-electron chi connectivity index (χ2n) is 6.83. The van der Waals surface area contributed by atoms with Gasteiger partial charge in [0.1, 0.15) is 0 Å². The van der Waals surface area contributed by atoms with Gasteiger partial charge in [0.15, 0.2) is 0 Å². The van der Waals surface area contributed by atoms with E-state index in [1.165, 1.54) is 12.1 Å². The van der Waals surface area contributed by atoms with Crippen LogP contribution in [0.25, 0.3) is 0 Å². The fourth-order valence-corrected chi connectivity index (χ4v) is 12.0. The molecule has 152 valence electrons. The molecule has 0 fully saturated rings. The van der Waals surface area contributed by atoms with Crippen molar-refractivity contribution in [3.8, 4) is 11.5 Å². The Hall–Kier alpha value is -3.38. The van der Waals surface area contributed by atoms with E-state index in [-0.39, 0.29) is 22.4 Å². The van der Waals surface area contributed by atoms with Gasteiger partial charge in [0.2, 0.25) is 0 Å². The van der Waals surface area contributed by atoms with E-state index in [9.17, 15) is 9.59 Å². The summed E-state index contributed by atoms with van der Waals surface area (Å²) in [5, 5.41) is 0. The van der Waals surface area contributed by atoms with Crippen molar-refractivity contribution in [2.45, 2.75) is 0 Å². The Labute approximate surface area is 185 Å². The first-order valence-corrected chi connectivity index (χ1v) is 15.1. The van der Waals surface area contributed by atoms with Crippen molar-refractivity contribution in [1.29, 1.82) is 0 Å². The minimum absolute atomic E-state index is 0.196. The standard InChI is InChI=1S/2C7H6O2.2C6H5.Sn/c2*8-6-4-2-1-3-5-7(6)9;2*1-2-4-6-5-3-1;/h2*1-5H,(H,8,9);2*1-5H;/q;;;;+2/p-2. The first-order valence-electron chi connectivity index (χ1n) is 9.87. The van der Waals surface area contributed by atoms with Crippen LogP contribution in [0.2, 0.25) is 0 Å². The van der Waals surface area contributed by atoms with E-state index < -0.39 is 19.2 Å². The molecule has 0 atom stereocenters. The normalized spacial score (nSPS) is 10.8. The van der Waals surface area contributed by atoms with Crippen molar-refractivity contribution < 1.29 is 6.15 Å². The molecule has 0 N–H and O–H groups in total. The van der Waals surface area contributed by atoms with Gasteiger partial charge in [-0.15, -0.1) is 0 Å². The van der Waals surface area contributed by atoms with Crippen molar-refractivity contribution >= 4 is 26.4 Å². The van der Waals surface area contributed by atoms with E-state index in [0.29, 0.717) is 0 Å². The Kier molecular flexibility index (Phi) is 6.48. The molecule has 0 amide bonds. The number of benzene rings is 2. The Morgan fingerprint density at radius 1 is 0.419 bits per heavy atom. The summed E-state index contributed by atoms with van der Waals surface area (Å²) in [6, 6.07) is 35.8. The molecule has 4 rings (SSSR count). The van der Waals surface area contributed by atoms with E-state index in [2.05, 4.69) is 0 Å². The topological polar surface area (TPSA) is 52.6 Å². The monoisotopic (exact) mass is 516 g/mol. The van der Waals surface area contributed by atoms with Gasteiger partial charge in [-0.3, -0.25) is 0 Å². The van der Waals surface area contributed by atoms with Crippen LogP contribution in [0.1, 0.15) is 0 Å². The zero-order valence-electron chi connectivity index (χ0n) is 16.7. The quantitative estimate of drug-likeness (QED) is 0.371. The Morgan fingerprint density at radius 3 is 1.13 bits per heavy atom. The van der Waals surface area contributed by atoms with Gasteiger partial charge in [-0.1, -0.05) is 0 Å². The Bertz CT molecular complexity index is 1180. The molecule has 4 aromatic rings. The summed E-state index contributed by atoms with van der Waals surface area (Å²) in [4.78, 5) is 25.4. The predicted octanol–water partition coefficient (Wildman–Crippen LogP) is 3.12.